The average molecular weight is 468 g/mol. The number of fused-ring (bicyclic) bond motifs is 1. The summed E-state index contributed by atoms with van der Waals surface area (Å²) in [4.78, 5) is 17.6. The standard InChI is InChI=1S/C24H33N3O2.2ClH/c1-4-29-21-16-24(25,23(21,2)3)22(28)27-14-12-26(13-15-27)17-19-10-7-9-18-8-5-6-11-20(18)19;;/h5-11,21H,4,12-17,25H2,1-3H3;2*1H. The number of rotatable bonds is 5. The molecule has 1 saturated carbocycles. The summed E-state index contributed by atoms with van der Waals surface area (Å²) in [5.41, 5.74) is 6.81. The fraction of sp³-hybridized carbons (Fsp3) is 0.542. The molecule has 0 radical (unpaired) electrons. The SMILES string of the molecule is CCOC1CC(N)(C(=O)N2CCN(Cc3cccc4ccccc34)CC2)C1(C)C.Cl.Cl. The van der Waals surface area contributed by atoms with Gasteiger partial charge in [-0.15, -0.1) is 24.8 Å². The van der Waals surface area contributed by atoms with E-state index < -0.39 is 5.54 Å². The molecule has 2 fully saturated rings. The number of hydrogen-bond donors (Lipinski definition) is 1. The normalized spacial score (nSPS) is 25.3. The largest absolute Gasteiger partial charge is 0.378 e. The van der Waals surface area contributed by atoms with Gasteiger partial charge in [-0.2, -0.15) is 0 Å². The average Bonchev–Trinajstić information content (AvgIpc) is 2.74. The maximum Gasteiger partial charge on any atom is 0.243 e. The van der Waals surface area contributed by atoms with Gasteiger partial charge in [-0.3, -0.25) is 9.69 Å². The van der Waals surface area contributed by atoms with E-state index in [1.54, 1.807) is 0 Å². The molecule has 2 unspecified atom stereocenters. The summed E-state index contributed by atoms with van der Waals surface area (Å²) in [6, 6.07) is 15.0. The van der Waals surface area contributed by atoms with Gasteiger partial charge in [-0.05, 0) is 23.3 Å². The quantitative estimate of drug-likeness (QED) is 0.724. The number of ether oxygens (including phenoxy) is 1. The minimum absolute atomic E-state index is 0. The van der Waals surface area contributed by atoms with Gasteiger partial charge in [0.1, 0.15) is 5.54 Å². The van der Waals surface area contributed by atoms with Crippen molar-refractivity contribution in [1.82, 2.24) is 9.80 Å². The molecule has 2 aliphatic rings. The van der Waals surface area contributed by atoms with Crippen molar-refractivity contribution in [3.8, 4) is 0 Å². The number of carbonyl (C=O) groups excluding carboxylic acids is 1. The van der Waals surface area contributed by atoms with Crippen LogP contribution in [0.1, 0.15) is 32.8 Å². The van der Waals surface area contributed by atoms with E-state index in [9.17, 15) is 4.79 Å². The third kappa shape index (κ3) is 4.57. The van der Waals surface area contributed by atoms with Crippen LogP contribution in [0.15, 0.2) is 42.5 Å². The lowest BCUT2D eigenvalue weighted by Crippen LogP contribution is -2.76. The Morgan fingerprint density at radius 3 is 2.35 bits per heavy atom. The number of benzene rings is 2. The molecule has 5 nitrogen and oxygen atoms in total. The molecule has 7 heteroatoms. The summed E-state index contributed by atoms with van der Waals surface area (Å²) in [5.74, 6) is 0.0864. The summed E-state index contributed by atoms with van der Waals surface area (Å²) in [6.07, 6.45) is 0.678. The van der Waals surface area contributed by atoms with Crippen molar-refractivity contribution in [1.29, 1.82) is 0 Å². The van der Waals surface area contributed by atoms with Crippen molar-refractivity contribution in [3.63, 3.8) is 0 Å². The van der Waals surface area contributed by atoms with Gasteiger partial charge in [0.15, 0.2) is 0 Å². The number of nitrogens with zero attached hydrogens (tertiary/aromatic N) is 2. The fourth-order valence-electron chi connectivity index (χ4n) is 4.86. The molecule has 1 heterocycles. The van der Waals surface area contributed by atoms with Crippen LogP contribution in [0.5, 0.6) is 0 Å². The maximum absolute atomic E-state index is 13.2. The molecule has 31 heavy (non-hydrogen) atoms. The first-order valence-electron chi connectivity index (χ1n) is 10.8. The molecule has 1 saturated heterocycles. The van der Waals surface area contributed by atoms with Crippen LogP contribution in [0.2, 0.25) is 0 Å². The zero-order valence-electron chi connectivity index (χ0n) is 18.7. The molecular weight excluding hydrogens is 433 g/mol. The fourth-order valence-corrected chi connectivity index (χ4v) is 4.86. The van der Waals surface area contributed by atoms with E-state index in [2.05, 4.69) is 61.2 Å². The number of halogens is 2. The zero-order chi connectivity index (χ0) is 20.6. The highest BCUT2D eigenvalue weighted by Gasteiger charge is 2.63. The predicted octanol–water partition coefficient (Wildman–Crippen LogP) is 3.86. The zero-order valence-corrected chi connectivity index (χ0v) is 20.3. The first-order chi connectivity index (χ1) is 13.9. The lowest BCUT2D eigenvalue weighted by atomic mass is 9.54. The number of carbonyl (C=O) groups is 1. The van der Waals surface area contributed by atoms with Crippen LogP contribution in [0.3, 0.4) is 0 Å². The van der Waals surface area contributed by atoms with Gasteiger partial charge in [-0.25, -0.2) is 0 Å². The van der Waals surface area contributed by atoms with Gasteiger partial charge in [0.25, 0.3) is 0 Å². The van der Waals surface area contributed by atoms with E-state index in [1.165, 1.54) is 16.3 Å². The van der Waals surface area contributed by atoms with Gasteiger partial charge in [0, 0.05) is 51.2 Å². The lowest BCUT2D eigenvalue weighted by Gasteiger charge is -2.59. The van der Waals surface area contributed by atoms with Crippen LogP contribution in [-0.2, 0) is 16.1 Å². The minimum atomic E-state index is -0.815. The second kappa shape index (κ2) is 10.1. The molecule has 2 atom stereocenters. The molecule has 1 aliphatic heterocycles. The first-order valence-corrected chi connectivity index (χ1v) is 10.8. The van der Waals surface area contributed by atoms with E-state index in [0.29, 0.717) is 13.0 Å². The Labute approximate surface area is 198 Å². The topological polar surface area (TPSA) is 58.8 Å². The highest BCUT2D eigenvalue weighted by molar-refractivity contribution is 5.89. The van der Waals surface area contributed by atoms with Crippen LogP contribution < -0.4 is 5.73 Å². The number of hydrogen-bond acceptors (Lipinski definition) is 4. The second-order valence-corrected chi connectivity index (χ2v) is 9.05. The van der Waals surface area contributed by atoms with Gasteiger partial charge in [0.05, 0.1) is 6.10 Å². The maximum atomic E-state index is 13.2. The number of piperazine rings is 1. The van der Waals surface area contributed by atoms with Gasteiger partial charge in [0.2, 0.25) is 5.91 Å². The molecule has 0 aromatic heterocycles. The van der Waals surface area contributed by atoms with Crippen molar-refractivity contribution in [2.45, 2.75) is 45.4 Å². The summed E-state index contributed by atoms with van der Waals surface area (Å²) in [7, 11) is 0. The molecular formula is C24H35Cl2N3O2. The second-order valence-electron chi connectivity index (χ2n) is 9.05. The summed E-state index contributed by atoms with van der Waals surface area (Å²) in [5, 5.41) is 2.59. The Hall–Kier alpha value is -1.37. The van der Waals surface area contributed by atoms with Crippen LogP contribution >= 0.6 is 24.8 Å². The Kier molecular flexibility index (Phi) is 8.39. The van der Waals surface area contributed by atoms with Crippen LogP contribution in [0, 0.1) is 5.41 Å². The number of nitrogens with two attached hydrogens (primary N) is 1. The lowest BCUT2D eigenvalue weighted by molar-refractivity contribution is -0.180. The Bertz CT molecular complexity index is 894. The van der Waals surface area contributed by atoms with Crippen molar-refractivity contribution in [2.24, 2.45) is 11.1 Å². The Morgan fingerprint density at radius 2 is 1.71 bits per heavy atom. The van der Waals surface area contributed by atoms with Crippen molar-refractivity contribution >= 4 is 41.5 Å². The molecule has 0 bridgehead atoms. The van der Waals surface area contributed by atoms with Gasteiger partial charge < -0.3 is 15.4 Å². The number of amides is 1. The van der Waals surface area contributed by atoms with Crippen molar-refractivity contribution in [3.05, 3.63) is 48.0 Å². The molecule has 1 amide bonds. The highest BCUT2D eigenvalue weighted by Crippen LogP contribution is 2.50. The van der Waals surface area contributed by atoms with Crippen LogP contribution in [0.25, 0.3) is 10.8 Å². The summed E-state index contributed by atoms with van der Waals surface area (Å²) >= 11 is 0. The molecule has 2 aromatic rings. The van der Waals surface area contributed by atoms with E-state index in [0.717, 1.165) is 32.7 Å². The van der Waals surface area contributed by atoms with E-state index in [4.69, 9.17) is 10.5 Å². The monoisotopic (exact) mass is 467 g/mol. The Morgan fingerprint density at radius 1 is 1.06 bits per heavy atom. The minimum Gasteiger partial charge on any atom is -0.378 e. The highest BCUT2D eigenvalue weighted by atomic mass is 35.5. The van der Waals surface area contributed by atoms with E-state index in [1.807, 2.05) is 11.8 Å². The van der Waals surface area contributed by atoms with Gasteiger partial charge >= 0.3 is 0 Å². The van der Waals surface area contributed by atoms with E-state index in [-0.39, 0.29) is 42.2 Å². The third-order valence-electron chi connectivity index (χ3n) is 7.14. The first kappa shape index (κ1) is 25.9. The molecule has 0 spiro atoms. The third-order valence-corrected chi connectivity index (χ3v) is 7.14. The summed E-state index contributed by atoms with van der Waals surface area (Å²) in [6.45, 7) is 10.9. The molecule has 1 aliphatic carbocycles. The molecule has 172 valence electrons. The molecule has 2 N–H and O–H groups in total. The van der Waals surface area contributed by atoms with Gasteiger partial charge in [-0.1, -0.05) is 56.3 Å². The molecule has 2 aromatic carbocycles. The predicted molar refractivity (Wildman–Crippen MR) is 131 cm³/mol. The van der Waals surface area contributed by atoms with Crippen LogP contribution in [-0.4, -0.2) is 60.1 Å². The molecule has 4 rings (SSSR count). The van der Waals surface area contributed by atoms with Crippen molar-refractivity contribution in [2.75, 3.05) is 32.8 Å². The van der Waals surface area contributed by atoms with Crippen LogP contribution in [0.4, 0.5) is 0 Å². The van der Waals surface area contributed by atoms with Crippen molar-refractivity contribution < 1.29 is 9.53 Å². The van der Waals surface area contributed by atoms with E-state index >= 15 is 0 Å². The Balaban J connectivity index is 0.00000171. The summed E-state index contributed by atoms with van der Waals surface area (Å²) < 4.78 is 5.79. The smallest absolute Gasteiger partial charge is 0.243 e.